The van der Waals surface area contributed by atoms with Gasteiger partial charge in [0, 0.05) is 42.0 Å². The Kier molecular flexibility index (Phi) is 5.09. The summed E-state index contributed by atoms with van der Waals surface area (Å²) in [5.41, 5.74) is 3.95. The van der Waals surface area contributed by atoms with Crippen molar-refractivity contribution in [2.45, 2.75) is 42.0 Å². The largest absolute Gasteiger partial charge is 0.304 e. The summed E-state index contributed by atoms with van der Waals surface area (Å²) in [5, 5.41) is 0. The highest BCUT2D eigenvalue weighted by atomic mass is 32.2. The standard InChI is InChI=1S/C22H27FN2S/c1-15(2)16-4-6-22-19(13-16)20(25-10-8-24(3)9-11-25)14-17-12-18(23)5-7-21(17)26-22/h4-7,12-13,15,20H,8-11,14H2,1-3H3/t20-/m1/s1. The molecule has 0 bridgehead atoms. The summed E-state index contributed by atoms with van der Waals surface area (Å²) in [6.45, 7) is 8.84. The molecule has 1 fully saturated rings. The molecule has 0 N–H and O–H groups in total. The van der Waals surface area contributed by atoms with E-state index in [-0.39, 0.29) is 5.82 Å². The number of piperazine rings is 1. The molecule has 0 unspecified atom stereocenters. The van der Waals surface area contributed by atoms with E-state index < -0.39 is 0 Å². The Balaban J connectivity index is 1.78. The van der Waals surface area contributed by atoms with Crippen molar-refractivity contribution in [2.24, 2.45) is 0 Å². The lowest BCUT2D eigenvalue weighted by molar-refractivity contribution is 0.110. The summed E-state index contributed by atoms with van der Waals surface area (Å²) in [7, 11) is 2.19. The second-order valence-electron chi connectivity index (χ2n) is 7.87. The van der Waals surface area contributed by atoms with Crippen LogP contribution in [0.5, 0.6) is 0 Å². The number of hydrogen-bond acceptors (Lipinski definition) is 3. The molecule has 0 aromatic heterocycles. The lowest BCUT2D eigenvalue weighted by Crippen LogP contribution is -2.46. The van der Waals surface area contributed by atoms with Gasteiger partial charge in [-0.2, -0.15) is 0 Å². The van der Waals surface area contributed by atoms with Crippen LogP contribution in [0.3, 0.4) is 0 Å². The smallest absolute Gasteiger partial charge is 0.123 e. The summed E-state index contributed by atoms with van der Waals surface area (Å²) < 4.78 is 13.9. The summed E-state index contributed by atoms with van der Waals surface area (Å²) in [6.07, 6.45) is 0.887. The Morgan fingerprint density at radius 3 is 2.46 bits per heavy atom. The van der Waals surface area contributed by atoms with E-state index in [1.165, 1.54) is 20.9 Å². The zero-order chi connectivity index (χ0) is 18.3. The molecule has 1 saturated heterocycles. The van der Waals surface area contributed by atoms with E-state index in [9.17, 15) is 4.39 Å². The molecule has 26 heavy (non-hydrogen) atoms. The third-order valence-corrected chi connectivity index (χ3v) is 6.90. The van der Waals surface area contributed by atoms with Crippen molar-refractivity contribution in [1.82, 2.24) is 9.80 Å². The van der Waals surface area contributed by atoms with Crippen LogP contribution in [-0.4, -0.2) is 43.0 Å². The summed E-state index contributed by atoms with van der Waals surface area (Å²) in [6, 6.07) is 12.5. The van der Waals surface area contributed by atoms with Crippen molar-refractivity contribution >= 4 is 11.8 Å². The van der Waals surface area contributed by atoms with Crippen molar-refractivity contribution in [3.05, 3.63) is 58.9 Å². The molecule has 2 aromatic rings. The van der Waals surface area contributed by atoms with Crippen molar-refractivity contribution < 1.29 is 4.39 Å². The van der Waals surface area contributed by atoms with Gasteiger partial charge in [-0.25, -0.2) is 4.39 Å². The molecule has 0 spiro atoms. The van der Waals surface area contributed by atoms with Gasteiger partial charge in [-0.1, -0.05) is 37.7 Å². The van der Waals surface area contributed by atoms with E-state index in [2.05, 4.69) is 48.9 Å². The number of halogens is 1. The zero-order valence-corrected chi connectivity index (χ0v) is 16.7. The van der Waals surface area contributed by atoms with E-state index in [0.717, 1.165) is 38.2 Å². The van der Waals surface area contributed by atoms with Crippen LogP contribution in [0.1, 0.15) is 42.5 Å². The second-order valence-corrected chi connectivity index (χ2v) is 8.95. The Bertz CT molecular complexity index is 797. The van der Waals surface area contributed by atoms with Crippen LogP contribution in [0.4, 0.5) is 4.39 Å². The average molecular weight is 371 g/mol. The van der Waals surface area contributed by atoms with Crippen molar-refractivity contribution in [2.75, 3.05) is 33.2 Å². The molecule has 4 rings (SSSR count). The van der Waals surface area contributed by atoms with Crippen LogP contribution in [0.25, 0.3) is 0 Å². The van der Waals surface area contributed by atoms with Gasteiger partial charge in [0.2, 0.25) is 0 Å². The van der Waals surface area contributed by atoms with Crippen LogP contribution < -0.4 is 0 Å². The number of nitrogens with zero attached hydrogens (tertiary/aromatic N) is 2. The molecule has 0 amide bonds. The fourth-order valence-corrected chi connectivity index (χ4v) is 5.08. The average Bonchev–Trinajstić information content (AvgIpc) is 2.78. The highest BCUT2D eigenvalue weighted by molar-refractivity contribution is 7.99. The minimum Gasteiger partial charge on any atom is -0.304 e. The predicted molar refractivity (Wildman–Crippen MR) is 107 cm³/mol. The van der Waals surface area contributed by atoms with E-state index in [1.807, 2.05) is 6.07 Å². The van der Waals surface area contributed by atoms with Crippen molar-refractivity contribution in [3.63, 3.8) is 0 Å². The summed E-state index contributed by atoms with van der Waals surface area (Å²) >= 11 is 1.80. The SMILES string of the molecule is CC(C)c1ccc2c(c1)[C@H](N1CCN(C)CC1)Cc1cc(F)ccc1S2. The first-order valence-electron chi connectivity index (χ1n) is 9.54. The Hall–Kier alpha value is -1.36. The number of likely N-dealkylation sites (N-methyl/N-ethyl adjacent to an activating group) is 1. The van der Waals surface area contributed by atoms with Crippen LogP contribution in [-0.2, 0) is 6.42 Å². The van der Waals surface area contributed by atoms with Crippen molar-refractivity contribution in [3.8, 4) is 0 Å². The molecule has 2 aromatic carbocycles. The highest BCUT2D eigenvalue weighted by Crippen LogP contribution is 2.44. The maximum Gasteiger partial charge on any atom is 0.123 e. The molecule has 1 atom stereocenters. The van der Waals surface area contributed by atoms with E-state index in [0.29, 0.717) is 12.0 Å². The third-order valence-electron chi connectivity index (χ3n) is 5.69. The van der Waals surface area contributed by atoms with Gasteiger partial charge < -0.3 is 4.90 Å². The maximum atomic E-state index is 13.9. The fraction of sp³-hybridized carbons (Fsp3) is 0.455. The van der Waals surface area contributed by atoms with Gasteiger partial charge in [0.25, 0.3) is 0 Å². The summed E-state index contributed by atoms with van der Waals surface area (Å²) in [4.78, 5) is 7.51. The van der Waals surface area contributed by atoms with E-state index in [1.54, 1.807) is 23.9 Å². The molecule has 2 aliphatic heterocycles. The quantitative estimate of drug-likeness (QED) is 0.739. The molecule has 2 heterocycles. The molecule has 0 saturated carbocycles. The lowest BCUT2D eigenvalue weighted by Gasteiger charge is -2.38. The molecule has 0 radical (unpaired) electrons. The molecule has 4 heteroatoms. The number of rotatable bonds is 2. The molecular weight excluding hydrogens is 343 g/mol. The van der Waals surface area contributed by atoms with Crippen LogP contribution >= 0.6 is 11.8 Å². The van der Waals surface area contributed by atoms with Gasteiger partial charge in [0.05, 0.1) is 0 Å². The molecule has 138 valence electrons. The third kappa shape index (κ3) is 3.55. The second kappa shape index (κ2) is 7.34. The number of hydrogen-bond donors (Lipinski definition) is 0. The minimum atomic E-state index is -0.129. The fourth-order valence-electron chi connectivity index (χ4n) is 3.98. The molecule has 0 aliphatic carbocycles. The van der Waals surface area contributed by atoms with Crippen molar-refractivity contribution in [1.29, 1.82) is 0 Å². The number of fused-ring (bicyclic) bond motifs is 2. The number of benzene rings is 2. The Labute approximate surface area is 160 Å². The van der Waals surface area contributed by atoms with Gasteiger partial charge in [0.1, 0.15) is 5.82 Å². The monoisotopic (exact) mass is 370 g/mol. The first-order valence-corrected chi connectivity index (χ1v) is 10.4. The topological polar surface area (TPSA) is 6.48 Å². The highest BCUT2D eigenvalue weighted by Gasteiger charge is 2.30. The minimum absolute atomic E-state index is 0.129. The lowest BCUT2D eigenvalue weighted by atomic mass is 9.93. The molecular formula is C22H27FN2S. The first-order chi connectivity index (χ1) is 12.5. The maximum absolute atomic E-state index is 13.9. The van der Waals surface area contributed by atoms with E-state index in [4.69, 9.17) is 0 Å². The molecule has 2 aliphatic rings. The first kappa shape index (κ1) is 18.0. The van der Waals surface area contributed by atoms with Crippen LogP contribution in [0, 0.1) is 5.82 Å². The van der Waals surface area contributed by atoms with Gasteiger partial charge in [-0.15, -0.1) is 0 Å². The Morgan fingerprint density at radius 1 is 1.00 bits per heavy atom. The van der Waals surface area contributed by atoms with Crippen LogP contribution in [0.2, 0.25) is 0 Å². The van der Waals surface area contributed by atoms with Gasteiger partial charge in [0.15, 0.2) is 0 Å². The normalized spacial score (nSPS) is 21.3. The summed E-state index contributed by atoms with van der Waals surface area (Å²) in [5.74, 6) is 0.386. The zero-order valence-electron chi connectivity index (χ0n) is 15.8. The molecule has 2 nitrogen and oxygen atoms in total. The van der Waals surface area contributed by atoms with Gasteiger partial charge in [-0.05, 0) is 60.3 Å². The van der Waals surface area contributed by atoms with Gasteiger partial charge in [-0.3, -0.25) is 4.90 Å². The predicted octanol–water partition coefficient (Wildman–Crippen LogP) is 4.94. The van der Waals surface area contributed by atoms with Crippen LogP contribution in [0.15, 0.2) is 46.2 Å². The Morgan fingerprint density at radius 2 is 1.73 bits per heavy atom. The van der Waals surface area contributed by atoms with Gasteiger partial charge >= 0.3 is 0 Å². The van der Waals surface area contributed by atoms with E-state index >= 15 is 0 Å².